The molecule has 0 aliphatic heterocycles. The van der Waals surface area contributed by atoms with Gasteiger partial charge in [0.25, 0.3) is 0 Å². The summed E-state index contributed by atoms with van der Waals surface area (Å²) in [5.41, 5.74) is 5.40. The maximum atomic E-state index is 5.74. The lowest BCUT2D eigenvalue weighted by molar-refractivity contribution is -0.0854. The zero-order valence-electron chi connectivity index (χ0n) is 7.56. The standard InChI is InChI=1S/C7H15Br2NO2/c1-6(2,9)11-4-7(3,10)12-5-8/h4-5,10H2,1-3H3. The van der Waals surface area contributed by atoms with Gasteiger partial charge in [-0.15, -0.1) is 0 Å². The molecular formula is C7H15Br2NO2. The van der Waals surface area contributed by atoms with Crippen LogP contribution in [0.2, 0.25) is 0 Å². The van der Waals surface area contributed by atoms with Crippen molar-refractivity contribution in [3.63, 3.8) is 0 Å². The third-order valence-electron chi connectivity index (χ3n) is 1.09. The number of nitrogens with two attached hydrogens (primary N) is 1. The van der Waals surface area contributed by atoms with Crippen molar-refractivity contribution in [2.75, 3.05) is 12.1 Å². The number of ether oxygens (including phenoxy) is 2. The van der Waals surface area contributed by atoms with Crippen LogP contribution in [0.3, 0.4) is 0 Å². The Kier molecular flexibility index (Phi) is 5.25. The molecule has 0 aliphatic carbocycles. The normalized spacial score (nSPS) is 17.5. The maximum Gasteiger partial charge on any atom is 0.138 e. The molecule has 0 fully saturated rings. The van der Waals surface area contributed by atoms with Gasteiger partial charge >= 0.3 is 0 Å². The second-order valence-corrected chi connectivity index (χ2v) is 5.59. The van der Waals surface area contributed by atoms with Gasteiger partial charge in [-0.2, -0.15) is 0 Å². The zero-order chi connectivity index (χ0) is 9.83. The van der Waals surface area contributed by atoms with Crippen LogP contribution < -0.4 is 5.73 Å². The lowest BCUT2D eigenvalue weighted by Gasteiger charge is -2.27. The second kappa shape index (κ2) is 4.91. The SMILES string of the molecule is CC(C)(Br)OCC(C)(N)OCBr. The van der Waals surface area contributed by atoms with Crippen molar-refractivity contribution < 1.29 is 9.47 Å². The lowest BCUT2D eigenvalue weighted by Crippen LogP contribution is -2.45. The summed E-state index contributed by atoms with van der Waals surface area (Å²) >= 11 is 6.47. The van der Waals surface area contributed by atoms with Crippen molar-refractivity contribution in [3.8, 4) is 0 Å². The Bertz CT molecular complexity index is 134. The van der Waals surface area contributed by atoms with Crippen LogP contribution in [-0.4, -0.2) is 22.4 Å². The van der Waals surface area contributed by atoms with Crippen molar-refractivity contribution in [3.05, 3.63) is 0 Å². The Hall–Kier alpha value is 0.840. The molecule has 0 aliphatic rings. The fourth-order valence-corrected chi connectivity index (χ4v) is 1.12. The monoisotopic (exact) mass is 303 g/mol. The predicted molar refractivity (Wildman–Crippen MR) is 56.4 cm³/mol. The van der Waals surface area contributed by atoms with E-state index >= 15 is 0 Å². The number of hydrogen-bond acceptors (Lipinski definition) is 3. The van der Waals surface area contributed by atoms with Gasteiger partial charge in [0.05, 0.1) is 6.61 Å². The average molecular weight is 305 g/mol. The molecule has 0 amide bonds. The van der Waals surface area contributed by atoms with Gasteiger partial charge in [-0.1, -0.05) is 31.9 Å². The first kappa shape index (κ1) is 12.8. The molecule has 0 bridgehead atoms. The van der Waals surface area contributed by atoms with Crippen LogP contribution in [0.25, 0.3) is 0 Å². The molecule has 3 nitrogen and oxygen atoms in total. The fourth-order valence-electron chi connectivity index (χ4n) is 0.481. The molecule has 0 spiro atoms. The molecule has 12 heavy (non-hydrogen) atoms. The number of alkyl halides is 2. The first-order valence-corrected chi connectivity index (χ1v) is 5.50. The predicted octanol–water partition coefficient (Wildman–Crippen LogP) is 2.18. The van der Waals surface area contributed by atoms with Gasteiger partial charge in [0.15, 0.2) is 0 Å². The minimum atomic E-state index is -0.742. The largest absolute Gasteiger partial charge is 0.360 e. The van der Waals surface area contributed by atoms with Crippen LogP contribution >= 0.6 is 31.9 Å². The van der Waals surface area contributed by atoms with Crippen molar-refractivity contribution >= 4 is 31.9 Å². The van der Waals surface area contributed by atoms with Gasteiger partial charge < -0.3 is 15.2 Å². The van der Waals surface area contributed by atoms with Crippen molar-refractivity contribution in [2.24, 2.45) is 5.73 Å². The van der Waals surface area contributed by atoms with Gasteiger partial charge in [0, 0.05) is 0 Å². The minimum absolute atomic E-state index is 0.344. The van der Waals surface area contributed by atoms with Crippen LogP contribution in [0.1, 0.15) is 20.8 Å². The summed E-state index contributed by atoms with van der Waals surface area (Å²) in [5, 5.41) is 0. The summed E-state index contributed by atoms with van der Waals surface area (Å²) in [5.74, 6) is 0. The summed E-state index contributed by atoms with van der Waals surface area (Å²) in [6.45, 7) is 5.91. The van der Waals surface area contributed by atoms with Crippen molar-refractivity contribution in [1.29, 1.82) is 0 Å². The maximum absolute atomic E-state index is 5.74. The molecule has 0 aromatic rings. The molecule has 2 N–H and O–H groups in total. The Morgan fingerprint density at radius 3 is 2.08 bits per heavy atom. The van der Waals surface area contributed by atoms with Crippen LogP contribution in [-0.2, 0) is 9.47 Å². The minimum Gasteiger partial charge on any atom is -0.360 e. The fraction of sp³-hybridized carbons (Fsp3) is 1.00. The molecule has 74 valence electrons. The molecule has 0 saturated heterocycles. The molecule has 0 aromatic carbocycles. The summed E-state index contributed by atoms with van der Waals surface area (Å²) in [6.07, 6.45) is 0. The first-order valence-electron chi connectivity index (χ1n) is 3.58. The molecule has 0 saturated carbocycles. The van der Waals surface area contributed by atoms with E-state index in [4.69, 9.17) is 15.2 Å². The van der Waals surface area contributed by atoms with Gasteiger partial charge in [-0.3, -0.25) is 0 Å². The Labute approximate surface area is 90.2 Å². The highest BCUT2D eigenvalue weighted by atomic mass is 79.9. The highest BCUT2D eigenvalue weighted by Gasteiger charge is 2.23. The summed E-state index contributed by atoms with van der Waals surface area (Å²) in [6, 6.07) is 0. The van der Waals surface area contributed by atoms with Crippen LogP contribution in [0, 0.1) is 0 Å². The molecular weight excluding hydrogens is 290 g/mol. The van der Waals surface area contributed by atoms with E-state index in [-0.39, 0.29) is 4.51 Å². The Morgan fingerprint density at radius 2 is 1.75 bits per heavy atom. The van der Waals surface area contributed by atoms with E-state index in [1.54, 1.807) is 6.92 Å². The van der Waals surface area contributed by atoms with E-state index < -0.39 is 5.72 Å². The number of hydrogen-bond donors (Lipinski definition) is 1. The third-order valence-corrected chi connectivity index (χ3v) is 1.54. The number of halogens is 2. The van der Waals surface area contributed by atoms with E-state index in [0.717, 1.165) is 0 Å². The molecule has 0 heterocycles. The first-order chi connectivity index (χ1) is 5.27. The van der Waals surface area contributed by atoms with E-state index in [2.05, 4.69) is 31.9 Å². The molecule has 5 heteroatoms. The quantitative estimate of drug-likeness (QED) is 0.625. The highest BCUT2D eigenvalue weighted by molar-refractivity contribution is 9.10. The highest BCUT2D eigenvalue weighted by Crippen LogP contribution is 2.19. The third kappa shape index (κ3) is 7.49. The van der Waals surface area contributed by atoms with Crippen LogP contribution in [0.15, 0.2) is 0 Å². The van der Waals surface area contributed by atoms with Crippen molar-refractivity contribution in [2.45, 2.75) is 31.0 Å². The van der Waals surface area contributed by atoms with Crippen LogP contribution in [0.4, 0.5) is 0 Å². The topological polar surface area (TPSA) is 44.5 Å². The molecule has 0 aromatic heterocycles. The van der Waals surface area contributed by atoms with Crippen molar-refractivity contribution in [1.82, 2.24) is 0 Å². The van der Waals surface area contributed by atoms with E-state index in [0.29, 0.717) is 12.1 Å². The molecule has 0 radical (unpaired) electrons. The Morgan fingerprint density at radius 1 is 1.25 bits per heavy atom. The van der Waals surface area contributed by atoms with E-state index in [1.165, 1.54) is 0 Å². The average Bonchev–Trinajstić information content (AvgIpc) is 1.83. The summed E-state index contributed by atoms with van der Waals surface area (Å²) < 4.78 is 10.2. The molecule has 1 unspecified atom stereocenters. The van der Waals surface area contributed by atoms with Gasteiger partial charge in [0.2, 0.25) is 0 Å². The lowest BCUT2D eigenvalue weighted by atomic mass is 10.3. The van der Waals surface area contributed by atoms with Gasteiger partial charge in [-0.05, 0) is 20.8 Å². The second-order valence-electron chi connectivity index (χ2n) is 3.22. The van der Waals surface area contributed by atoms with Crippen LogP contribution in [0.5, 0.6) is 0 Å². The van der Waals surface area contributed by atoms with E-state index in [1.807, 2.05) is 13.8 Å². The van der Waals surface area contributed by atoms with Gasteiger partial charge in [-0.25, -0.2) is 0 Å². The zero-order valence-corrected chi connectivity index (χ0v) is 10.7. The summed E-state index contributed by atoms with van der Waals surface area (Å²) in [4.78, 5) is 0. The van der Waals surface area contributed by atoms with Gasteiger partial charge in [0.1, 0.15) is 15.8 Å². The summed E-state index contributed by atoms with van der Waals surface area (Å²) in [7, 11) is 0. The molecule has 1 atom stereocenters. The molecule has 0 rings (SSSR count). The van der Waals surface area contributed by atoms with E-state index in [9.17, 15) is 0 Å². The smallest absolute Gasteiger partial charge is 0.138 e. The number of rotatable bonds is 5. The Balaban J connectivity index is 3.75.